The van der Waals surface area contributed by atoms with E-state index in [1.54, 1.807) is 30.3 Å². The standard InChI is InChI=1S/C21H16ClN5O4/c22-15-4-2-1-3-13(15)11-23-17-7-5-12(9-19(17)27(30)31)20(28)24-14-6-8-16-18(10-14)26-21(29)25-16/h1-10,23H,11H2,(H,24,28)(H2,25,26,29). The summed E-state index contributed by atoms with van der Waals surface area (Å²) in [6.07, 6.45) is 0. The number of hydrogen-bond acceptors (Lipinski definition) is 5. The van der Waals surface area contributed by atoms with Crippen molar-refractivity contribution in [3.05, 3.63) is 97.4 Å². The van der Waals surface area contributed by atoms with E-state index in [1.165, 1.54) is 18.2 Å². The number of rotatable bonds is 6. The topological polar surface area (TPSA) is 133 Å². The molecule has 31 heavy (non-hydrogen) atoms. The fraction of sp³-hybridized carbons (Fsp3) is 0.0476. The third kappa shape index (κ3) is 4.41. The molecule has 0 spiro atoms. The lowest BCUT2D eigenvalue weighted by atomic mass is 10.1. The molecule has 0 bridgehead atoms. The van der Waals surface area contributed by atoms with E-state index >= 15 is 0 Å². The first kappa shape index (κ1) is 20.2. The van der Waals surface area contributed by atoms with Crippen LogP contribution < -0.4 is 16.3 Å². The van der Waals surface area contributed by atoms with E-state index in [-0.39, 0.29) is 22.6 Å². The number of imidazole rings is 1. The molecule has 4 rings (SSSR count). The van der Waals surface area contributed by atoms with Crippen LogP contribution in [0.2, 0.25) is 5.02 Å². The lowest BCUT2D eigenvalue weighted by Gasteiger charge is -2.10. The van der Waals surface area contributed by atoms with Crippen molar-refractivity contribution in [3.8, 4) is 0 Å². The number of carbonyl (C=O) groups excluding carboxylic acids is 1. The maximum atomic E-state index is 12.6. The predicted octanol–water partition coefficient (Wildman–Crippen LogP) is 4.28. The van der Waals surface area contributed by atoms with E-state index in [9.17, 15) is 19.7 Å². The molecule has 156 valence electrons. The van der Waals surface area contributed by atoms with Crippen molar-refractivity contribution >= 4 is 45.6 Å². The molecule has 0 fully saturated rings. The van der Waals surface area contributed by atoms with Crippen LogP contribution in [0.15, 0.2) is 65.5 Å². The molecule has 1 heterocycles. The Hall–Kier alpha value is -4.11. The van der Waals surface area contributed by atoms with Crippen LogP contribution in [0.3, 0.4) is 0 Å². The number of anilines is 2. The van der Waals surface area contributed by atoms with Gasteiger partial charge in [-0.05, 0) is 42.0 Å². The molecule has 0 saturated carbocycles. The number of nitro groups is 1. The number of amides is 1. The molecule has 1 aromatic heterocycles. The summed E-state index contributed by atoms with van der Waals surface area (Å²) in [5.41, 5.74) is 2.18. The molecule has 0 saturated heterocycles. The third-order valence-corrected chi connectivity index (χ3v) is 5.03. The molecule has 0 aliphatic rings. The molecule has 0 aliphatic carbocycles. The van der Waals surface area contributed by atoms with Crippen molar-refractivity contribution in [2.24, 2.45) is 0 Å². The number of nitrogens with zero attached hydrogens (tertiary/aromatic N) is 1. The van der Waals surface area contributed by atoms with Crippen LogP contribution in [0.4, 0.5) is 17.1 Å². The Labute approximate surface area is 180 Å². The average Bonchev–Trinajstić information content (AvgIpc) is 3.12. The van der Waals surface area contributed by atoms with Gasteiger partial charge in [0.15, 0.2) is 0 Å². The van der Waals surface area contributed by atoms with E-state index in [1.807, 2.05) is 12.1 Å². The van der Waals surface area contributed by atoms with E-state index in [4.69, 9.17) is 11.6 Å². The highest BCUT2D eigenvalue weighted by Crippen LogP contribution is 2.27. The van der Waals surface area contributed by atoms with E-state index in [0.29, 0.717) is 28.3 Å². The second-order valence-corrected chi connectivity index (χ2v) is 7.13. The van der Waals surface area contributed by atoms with Gasteiger partial charge in [-0.3, -0.25) is 14.9 Å². The number of nitrogens with one attached hydrogen (secondary N) is 4. The van der Waals surface area contributed by atoms with Crippen molar-refractivity contribution in [1.82, 2.24) is 9.97 Å². The molecular weight excluding hydrogens is 422 g/mol. The number of nitro benzene ring substituents is 1. The van der Waals surface area contributed by atoms with E-state index in [0.717, 1.165) is 5.56 Å². The zero-order valence-corrected chi connectivity index (χ0v) is 16.7. The number of hydrogen-bond donors (Lipinski definition) is 4. The zero-order chi connectivity index (χ0) is 22.0. The van der Waals surface area contributed by atoms with Crippen molar-refractivity contribution < 1.29 is 9.72 Å². The van der Waals surface area contributed by atoms with Crippen molar-refractivity contribution in [3.63, 3.8) is 0 Å². The monoisotopic (exact) mass is 437 g/mol. The first-order valence-corrected chi connectivity index (χ1v) is 9.57. The number of carbonyl (C=O) groups is 1. The van der Waals surface area contributed by atoms with E-state index in [2.05, 4.69) is 20.6 Å². The Morgan fingerprint density at radius 2 is 1.81 bits per heavy atom. The molecule has 4 N–H and O–H groups in total. The Balaban J connectivity index is 1.54. The molecule has 0 atom stereocenters. The van der Waals surface area contributed by atoms with Crippen LogP contribution in [-0.2, 0) is 6.54 Å². The lowest BCUT2D eigenvalue weighted by molar-refractivity contribution is -0.384. The van der Waals surface area contributed by atoms with Gasteiger partial charge in [0.2, 0.25) is 0 Å². The predicted molar refractivity (Wildman–Crippen MR) is 119 cm³/mol. The SMILES string of the molecule is O=C(Nc1ccc2[nH]c(=O)[nH]c2c1)c1ccc(NCc2ccccc2Cl)c([N+](=O)[O-])c1. The van der Waals surface area contributed by atoms with Gasteiger partial charge in [0.1, 0.15) is 5.69 Å². The van der Waals surface area contributed by atoms with E-state index < -0.39 is 10.8 Å². The van der Waals surface area contributed by atoms with Gasteiger partial charge < -0.3 is 20.6 Å². The Morgan fingerprint density at radius 3 is 2.58 bits per heavy atom. The maximum Gasteiger partial charge on any atom is 0.323 e. The van der Waals surface area contributed by atoms with Gasteiger partial charge in [-0.2, -0.15) is 0 Å². The average molecular weight is 438 g/mol. The smallest absolute Gasteiger partial charge is 0.323 e. The maximum absolute atomic E-state index is 12.6. The van der Waals surface area contributed by atoms with Crippen LogP contribution in [0.25, 0.3) is 11.0 Å². The van der Waals surface area contributed by atoms with Crippen molar-refractivity contribution in [2.45, 2.75) is 6.54 Å². The zero-order valence-electron chi connectivity index (χ0n) is 15.9. The highest BCUT2D eigenvalue weighted by molar-refractivity contribution is 6.31. The quantitative estimate of drug-likeness (QED) is 0.264. The van der Waals surface area contributed by atoms with Gasteiger partial charge in [-0.25, -0.2) is 4.79 Å². The van der Waals surface area contributed by atoms with Crippen molar-refractivity contribution in [1.29, 1.82) is 0 Å². The first-order chi connectivity index (χ1) is 14.9. The van der Waals surface area contributed by atoms with Crippen LogP contribution in [0.5, 0.6) is 0 Å². The summed E-state index contributed by atoms with van der Waals surface area (Å²) in [5, 5.41) is 17.8. The van der Waals surface area contributed by atoms with Gasteiger partial charge in [0.05, 0.1) is 16.0 Å². The summed E-state index contributed by atoms with van der Waals surface area (Å²) >= 11 is 6.13. The van der Waals surface area contributed by atoms with Crippen LogP contribution in [0, 0.1) is 10.1 Å². The molecule has 4 aromatic rings. The molecule has 0 aliphatic heterocycles. The molecular formula is C21H16ClN5O4. The summed E-state index contributed by atoms with van der Waals surface area (Å²) in [6.45, 7) is 0.293. The van der Waals surface area contributed by atoms with Crippen LogP contribution >= 0.6 is 11.6 Å². The summed E-state index contributed by atoms with van der Waals surface area (Å²) in [6, 6.07) is 16.2. The number of aromatic amines is 2. The van der Waals surface area contributed by atoms with Crippen molar-refractivity contribution in [2.75, 3.05) is 10.6 Å². The van der Waals surface area contributed by atoms with Gasteiger partial charge in [-0.15, -0.1) is 0 Å². The molecule has 1 amide bonds. The molecule has 3 aromatic carbocycles. The van der Waals surface area contributed by atoms with Gasteiger partial charge in [0, 0.05) is 28.9 Å². The Bertz CT molecular complexity index is 1360. The molecule has 0 unspecified atom stereocenters. The minimum atomic E-state index is -0.553. The number of aromatic nitrogens is 2. The molecule has 10 heteroatoms. The molecule has 0 radical (unpaired) electrons. The van der Waals surface area contributed by atoms with Gasteiger partial charge in [-0.1, -0.05) is 29.8 Å². The Kier molecular flexibility index (Phi) is 5.42. The minimum absolute atomic E-state index is 0.123. The minimum Gasteiger partial charge on any atom is -0.375 e. The first-order valence-electron chi connectivity index (χ1n) is 9.20. The number of benzene rings is 3. The summed E-state index contributed by atoms with van der Waals surface area (Å²) in [7, 11) is 0. The summed E-state index contributed by atoms with van der Waals surface area (Å²) in [5.74, 6) is -0.516. The number of fused-ring (bicyclic) bond motifs is 1. The highest BCUT2D eigenvalue weighted by atomic mass is 35.5. The third-order valence-electron chi connectivity index (χ3n) is 4.66. The fourth-order valence-corrected chi connectivity index (χ4v) is 3.32. The summed E-state index contributed by atoms with van der Waals surface area (Å²) < 4.78 is 0. The Morgan fingerprint density at radius 1 is 1.03 bits per heavy atom. The normalized spacial score (nSPS) is 10.7. The van der Waals surface area contributed by atoms with Crippen LogP contribution in [0.1, 0.15) is 15.9 Å². The lowest BCUT2D eigenvalue weighted by Crippen LogP contribution is -2.13. The van der Waals surface area contributed by atoms with Crippen LogP contribution in [-0.4, -0.2) is 20.8 Å². The number of halogens is 1. The fourth-order valence-electron chi connectivity index (χ4n) is 3.12. The highest BCUT2D eigenvalue weighted by Gasteiger charge is 2.18. The van der Waals surface area contributed by atoms with Gasteiger partial charge >= 0.3 is 5.69 Å². The second-order valence-electron chi connectivity index (χ2n) is 6.73. The second kappa shape index (κ2) is 8.33. The largest absolute Gasteiger partial charge is 0.375 e. The molecule has 9 nitrogen and oxygen atoms in total. The number of H-pyrrole nitrogens is 2. The summed E-state index contributed by atoms with van der Waals surface area (Å²) in [4.78, 5) is 40.2. The van der Waals surface area contributed by atoms with Gasteiger partial charge in [0.25, 0.3) is 11.6 Å².